The van der Waals surface area contributed by atoms with Crippen LogP contribution in [0.3, 0.4) is 0 Å². The Labute approximate surface area is 120 Å². The second-order valence-electron chi connectivity index (χ2n) is 4.38. The van der Waals surface area contributed by atoms with Crippen LogP contribution in [0.25, 0.3) is 0 Å². The van der Waals surface area contributed by atoms with Gasteiger partial charge in [0.25, 0.3) is 0 Å². The van der Waals surface area contributed by atoms with E-state index < -0.39 is 11.9 Å². The minimum atomic E-state index is -0.800. The number of rotatable bonds is 5. The van der Waals surface area contributed by atoms with Gasteiger partial charge in [0.05, 0.1) is 10.9 Å². The topological polar surface area (TPSA) is 50.2 Å². The van der Waals surface area contributed by atoms with Gasteiger partial charge in [0.15, 0.2) is 0 Å². The molecule has 2 aromatic rings. The Morgan fingerprint density at radius 2 is 2.16 bits per heavy atom. The number of halogens is 1. The number of carboxylic acids is 1. The maximum Gasteiger partial charge on any atom is 0.307 e. The number of thiazole rings is 1. The number of aromatic nitrogens is 1. The molecule has 0 bridgehead atoms. The third-order valence-corrected chi connectivity index (χ3v) is 4.19. The van der Waals surface area contributed by atoms with Crippen LogP contribution in [0.5, 0.6) is 0 Å². The number of nitrogens with zero attached hydrogens (tertiary/aromatic N) is 1. The summed E-state index contributed by atoms with van der Waals surface area (Å²) in [5.41, 5.74) is 0.873. The molecule has 1 N–H and O–H groups in total. The van der Waals surface area contributed by atoms with Gasteiger partial charge in [0, 0.05) is 16.1 Å². The third kappa shape index (κ3) is 3.78. The van der Waals surface area contributed by atoms with E-state index in [0.29, 0.717) is 17.9 Å². The maximum atomic E-state index is 11.4. The van der Waals surface area contributed by atoms with Crippen molar-refractivity contribution in [3.63, 3.8) is 0 Å². The Bertz CT molecular complexity index is 582. The molecular weight excluding hydrogens is 282 g/mol. The molecule has 100 valence electrons. The van der Waals surface area contributed by atoms with Crippen LogP contribution in [0.15, 0.2) is 30.5 Å². The number of hydrogen-bond acceptors (Lipinski definition) is 3. The zero-order valence-electron chi connectivity index (χ0n) is 10.5. The summed E-state index contributed by atoms with van der Waals surface area (Å²) in [7, 11) is 0. The minimum absolute atomic E-state index is 0.436. The number of carbonyl (C=O) groups is 1. The lowest BCUT2D eigenvalue weighted by atomic mass is 9.96. The molecule has 0 radical (unpaired) electrons. The van der Waals surface area contributed by atoms with E-state index in [4.69, 9.17) is 11.6 Å². The lowest BCUT2D eigenvalue weighted by molar-refractivity contribution is -0.141. The van der Waals surface area contributed by atoms with Crippen molar-refractivity contribution < 1.29 is 9.90 Å². The number of benzene rings is 1. The zero-order chi connectivity index (χ0) is 13.8. The van der Waals surface area contributed by atoms with E-state index in [1.807, 2.05) is 25.1 Å². The minimum Gasteiger partial charge on any atom is -0.481 e. The number of carboxylic acid groups (broad SMARTS) is 1. The summed E-state index contributed by atoms with van der Waals surface area (Å²) in [6, 6.07) is 7.37. The quantitative estimate of drug-likeness (QED) is 0.917. The normalized spacial score (nSPS) is 12.3. The highest BCUT2D eigenvalue weighted by Gasteiger charge is 2.20. The van der Waals surface area contributed by atoms with Crippen molar-refractivity contribution in [2.45, 2.75) is 19.8 Å². The lowest BCUT2D eigenvalue weighted by Gasteiger charge is -2.12. The smallest absolute Gasteiger partial charge is 0.307 e. The Kier molecular flexibility index (Phi) is 4.56. The van der Waals surface area contributed by atoms with E-state index in [1.165, 1.54) is 0 Å². The lowest BCUT2D eigenvalue weighted by Crippen LogP contribution is -2.18. The fourth-order valence-corrected chi connectivity index (χ4v) is 3.01. The molecule has 2 rings (SSSR count). The van der Waals surface area contributed by atoms with Gasteiger partial charge in [-0.25, -0.2) is 4.98 Å². The first-order valence-electron chi connectivity index (χ1n) is 5.94. The highest BCUT2D eigenvalue weighted by molar-refractivity contribution is 7.11. The van der Waals surface area contributed by atoms with Gasteiger partial charge in [0.1, 0.15) is 0 Å². The van der Waals surface area contributed by atoms with Gasteiger partial charge in [-0.1, -0.05) is 29.8 Å². The van der Waals surface area contributed by atoms with Crippen molar-refractivity contribution in [2.75, 3.05) is 0 Å². The Balaban J connectivity index is 2.13. The summed E-state index contributed by atoms with van der Waals surface area (Å²) in [6.45, 7) is 1.91. The first-order chi connectivity index (χ1) is 9.06. The van der Waals surface area contributed by atoms with Crippen molar-refractivity contribution in [1.29, 1.82) is 0 Å². The van der Waals surface area contributed by atoms with Crippen molar-refractivity contribution >= 4 is 28.9 Å². The monoisotopic (exact) mass is 295 g/mol. The van der Waals surface area contributed by atoms with Crippen LogP contribution in [0.2, 0.25) is 5.02 Å². The summed E-state index contributed by atoms with van der Waals surface area (Å²) in [4.78, 5) is 16.5. The fourth-order valence-electron chi connectivity index (χ4n) is 1.92. The third-order valence-electron chi connectivity index (χ3n) is 2.89. The molecule has 19 heavy (non-hydrogen) atoms. The summed E-state index contributed by atoms with van der Waals surface area (Å²) in [5.74, 6) is -1.27. The van der Waals surface area contributed by atoms with Crippen molar-refractivity contribution in [2.24, 2.45) is 5.92 Å². The van der Waals surface area contributed by atoms with E-state index in [0.717, 1.165) is 15.4 Å². The molecule has 1 aromatic heterocycles. The molecule has 1 atom stereocenters. The van der Waals surface area contributed by atoms with Crippen LogP contribution in [-0.4, -0.2) is 16.1 Å². The molecule has 0 aliphatic carbocycles. The largest absolute Gasteiger partial charge is 0.481 e. The second-order valence-corrected chi connectivity index (χ2v) is 6.11. The van der Waals surface area contributed by atoms with Crippen LogP contribution >= 0.6 is 22.9 Å². The van der Waals surface area contributed by atoms with Gasteiger partial charge in [-0.15, -0.1) is 11.3 Å². The molecule has 0 aliphatic heterocycles. The predicted octanol–water partition coefficient (Wildman–Crippen LogP) is 3.59. The molecule has 0 amide bonds. The highest BCUT2D eigenvalue weighted by atomic mass is 35.5. The molecular formula is C14H14ClNO2S. The first-order valence-corrected chi connectivity index (χ1v) is 7.13. The summed E-state index contributed by atoms with van der Waals surface area (Å²) in [6.07, 6.45) is 2.68. The standard InChI is InChI=1S/C14H14ClNO2S/c1-9-16-8-12(19-9)7-11(14(17)18)6-10-4-2-3-5-13(10)15/h2-5,8,11H,6-7H2,1H3,(H,17,18). The van der Waals surface area contributed by atoms with Gasteiger partial charge in [0.2, 0.25) is 0 Å². The average Bonchev–Trinajstić information content (AvgIpc) is 2.76. The van der Waals surface area contributed by atoms with Crippen molar-refractivity contribution in [3.8, 4) is 0 Å². The first kappa shape index (κ1) is 14.0. The molecule has 1 heterocycles. The summed E-state index contributed by atoms with van der Waals surface area (Å²) >= 11 is 7.62. The average molecular weight is 296 g/mol. The highest BCUT2D eigenvalue weighted by Crippen LogP contribution is 2.23. The summed E-state index contributed by atoms with van der Waals surface area (Å²) in [5, 5.41) is 10.9. The molecule has 1 aromatic carbocycles. The number of aryl methyl sites for hydroxylation is 1. The number of hydrogen-bond donors (Lipinski definition) is 1. The molecule has 0 aliphatic rings. The molecule has 0 saturated heterocycles. The van der Waals surface area contributed by atoms with Crippen LogP contribution < -0.4 is 0 Å². The van der Waals surface area contributed by atoms with Gasteiger partial charge >= 0.3 is 5.97 Å². The SMILES string of the molecule is Cc1ncc(CC(Cc2ccccc2Cl)C(=O)O)s1. The molecule has 0 saturated carbocycles. The van der Waals surface area contributed by atoms with Crippen molar-refractivity contribution in [1.82, 2.24) is 4.98 Å². The Morgan fingerprint density at radius 1 is 1.42 bits per heavy atom. The van der Waals surface area contributed by atoms with E-state index in [-0.39, 0.29) is 0 Å². The van der Waals surface area contributed by atoms with Gasteiger partial charge in [-0.05, 0) is 31.4 Å². The maximum absolute atomic E-state index is 11.4. The second kappa shape index (κ2) is 6.17. The Hall–Kier alpha value is -1.39. The predicted molar refractivity (Wildman–Crippen MR) is 76.8 cm³/mol. The molecule has 1 unspecified atom stereocenters. The van der Waals surface area contributed by atoms with Crippen molar-refractivity contribution in [3.05, 3.63) is 50.9 Å². The van der Waals surface area contributed by atoms with Gasteiger partial charge in [-0.2, -0.15) is 0 Å². The van der Waals surface area contributed by atoms with Crippen LogP contribution in [0, 0.1) is 12.8 Å². The molecule has 0 spiro atoms. The molecule has 5 heteroatoms. The van der Waals surface area contributed by atoms with E-state index in [1.54, 1.807) is 23.6 Å². The Morgan fingerprint density at radius 3 is 2.74 bits per heavy atom. The van der Waals surface area contributed by atoms with E-state index >= 15 is 0 Å². The van der Waals surface area contributed by atoms with Crippen LogP contribution in [0.4, 0.5) is 0 Å². The zero-order valence-corrected chi connectivity index (χ0v) is 12.0. The van der Waals surface area contributed by atoms with E-state index in [9.17, 15) is 9.90 Å². The van der Waals surface area contributed by atoms with Gasteiger partial charge < -0.3 is 5.11 Å². The summed E-state index contributed by atoms with van der Waals surface area (Å²) < 4.78 is 0. The molecule has 0 fully saturated rings. The van der Waals surface area contributed by atoms with E-state index in [2.05, 4.69) is 4.98 Å². The van der Waals surface area contributed by atoms with Crippen LogP contribution in [-0.2, 0) is 17.6 Å². The van der Waals surface area contributed by atoms with Gasteiger partial charge in [-0.3, -0.25) is 4.79 Å². The fraction of sp³-hybridized carbons (Fsp3) is 0.286. The van der Waals surface area contributed by atoms with Crippen LogP contribution in [0.1, 0.15) is 15.4 Å². The molecule has 3 nitrogen and oxygen atoms in total. The number of aliphatic carboxylic acids is 1.